The minimum Gasteiger partial charge on any atom is -0.465 e. The van der Waals surface area contributed by atoms with Gasteiger partial charge in [-0.2, -0.15) is 0 Å². The van der Waals surface area contributed by atoms with Crippen molar-refractivity contribution in [3.05, 3.63) is 35.9 Å². The molecule has 0 radical (unpaired) electrons. The maximum Gasteiger partial charge on any atom is 0.305 e. The van der Waals surface area contributed by atoms with Crippen LogP contribution in [0.2, 0.25) is 0 Å². The molecule has 0 aliphatic heterocycles. The number of esters is 1. The third-order valence-electron chi connectivity index (χ3n) is 5.61. The lowest BCUT2D eigenvalue weighted by atomic mass is 10.1. The molecule has 0 amide bonds. The highest BCUT2D eigenvalue weighted by Gasteiger charge is 2.15. The number of hydrogen-bond donors (Lipinski definition) is 0. The molecule has 0 fully saturated rings. The highest BCUT2D eigenvalue weighted by Crippen LogP contribution is 2.13. The average Bonchev–Trinajstić information content (AvgIpc) is 2.70. The number of unbranched alkanes of at least 4 members (excludes halogenated alkanes) is 10. The van der Waals surface area contributed by atoms with E-state index in [1.807, 2.05) is 0 Å². The smallest absolute Gasteiger partial charge is 0.305 e. The van der Waals surface area contributed by atoms with Crippen molar-refractivity contribution in [3.8, 4) is 0 Å². The number of carbonyl (C=O) groups is 1. The molecule has 0 aliphatic carbocycles. The summed E-state index contributed by atoms with van der Waals surface area (Å²) in [7, 11) is 4.47. The van der Waals surface area contributed by atoms with Crippen molar-refractivity contribution in [2.24, 2.45) is 0 Å². The van der Waals surface area contributed by atoms with Gasteiger partial charge in [-0.3, -0.25) is 4.79 Å². The summed E-state index contributed by atoms with van der Waals surface area (Å²) in [5.74, 6) is -0.0192. The molecule has 0 N–H and O–H groups in total. The van der Waals surface area contributed by atoms with Gasteiger partial charge in [0.2, 0.25) is 0 Å². The van der Waals surface area contributed by atoms with E-state index in [-0.39, 0.29) is 5.97 Å². The molecule has 1 aromatic rings. The van der Waals surface area contributed by atoms with E-state index >= 15 is 0 Å². The Morgan fingerprint density at radius 1 is 0.793 bits per heavy atom. The number of rotatable bonds is 18. The summed E-state index contributed by atoms with van der Waals surface area (Å²) < 4.78 is 6.35. The summed E-state index contributed by atoms with van der Waals surface area (Å²) in [5, 5.41) is 0. The maximum atomic E-state index is 11.9. The number of nitrogens with zero attached hydrogens (tertiary/aromatic N) is 1. The fraction of sp³-hybridized carbons (Fsp3) is 0.731. The Balaban J connectivity index is 1.92. The third kappa shape index (κ3) is 15.2. The Kier molecular flexibility index (Phi) is 14.6. The van der Waals surface area contributed by atoms with Crippen molar-refractivity contribution in [1.82, 2.24) is 0 Å². The first-order valence-electron chi connectivity index (χ1n) is 12.0. The van der Waals surface area contributed by atoms with E-state index in [1.165, 1.54) is 63.4 Å². The summed E-state index contributed by atoms with van der Waals surface area (Å²) in [6.07, 6.45) is 15.9. The number of carbonyl (C=O) groups excluding carboxylic acids is 1. The zero-order valence-corrected chi connectivity index (χ0v) is 19.5. The van der Waals surface area contributed by atoms with Gasteiger partial charge < -0.3 is 9.22 Å². The van der Waals surface area contributed by atoms with Crippen LogP contribution in [0.25, 0.3) is 0 Å². The van der Waals surface area contributed by atoms with Crippen LogP contribution in [0.5, 0.6) is 0 Å². The van der Waals surface area contributed by atoms with Gasteiger partial charge in [0, 0.05) is 18.4 Å². The normalized spacial score (nSPS) is 11.6. The van der Waals surface area contributed by atoms with Crippen LogP contribution in [0, 0.1) is 0 Å². The largest absolute Gasteiger partial charge is 0.465 e. The quantitative estimate of drug-likeness (QED) is 0.151. The minimum atomic E-state index is -0.0192. The molecule has 29 heavy (non-hydrogen) atoms. The lowest BCUT2D eigenvalue weighted by Gasteiger charge is -2.29. The van der Waals surface area contributed by atoms with Crippen molar-refractivity contribution in [3.63, 3.8) is 0 Å². The molecule has 3 heteroatoms. The van der Waals surface area contributed by atoms with E-state index in [1.54, 1.807) is 0 Å². The molecule has 0 unspecified atom stereocenters. The lowest BCUT2D eigenvalue weighted by Crippen LogP contribution is -2.40. The van der Waals surface area contributed by atoms with Crippen molar-refractivity contribution in [1.29, 1.82) is 0 Å². The van der Waals surface area contributed by atoms with Crippen LogP contribution in [-0.2, 0) is 16.1 Å². The Morgan fingerprint density at radius 2 is 1.34 bits per heavy atom. The maximum absolute atomic E-state index is 11.9. The van der Waals surface area contributed by atoms with E-state index in [2.05, 4.69) is 51.4 Å². The van der Waals surface area contributed by atoms with Crippen molar-refractivity contribution in [2.45, 2.75) is 96.9 Å². The fourth-order valence-corrected chi connectivity index (χ4v) is 3.84. The molecule has 0 heterocycles. The van der Waals surface area contributed by atoms with Gasteiger partial charge in [0.25, 0.3) is 0 Å². The van der Waals surface area contributed by atoms with Crippen LogP contribution in [0.15, 0.2) is 30.3 Å². The molecular weight excluding hydrogens is 358 g/mol. The van der Waals surface area contributed by atoms with Crippen LogP contribution in [0.4, 0.5) is 0 Å². The second-order valence-electron chi connectivity index (χ2n) is 9.16. The fourth-order valence-electron chi connectivity index (χ4n) is 3.84. The van der Waals surface area contributed by atoms with Gasteiger partial charge in [0.05, 0.1) is 27.2 Å². The Hall–Kier alpha value is -1.35. The Labute approximate surface area is 180 Å². The van der Waals surface area contributed by atoms with Gasteiger partial charge in [0.1, 0.15) is 6.54 Å². The SMILES string of the molecule is CCCCCCCCCCCCCC(=O)OCCC[N+](C)(C)Cc1ccccc1. The van der Waals surface area contributed by atoms with Crippen molar-refractivity contribution >= 4 is 5.97 Å². The zero-order valence-electron chi connectivity index (χ0n) is 19.5. The van der Waals surface area contributed by atoms with Gasteiger partial charge in [0.15, 0.2) is 0 Å². The highest BCUT2D eigenvalue weighted by atomic mass is 16.5. The number of benzene rings is 1. The first kappa shape index (κ1) is 25.7. The molecule has 3 nitrogen and oxygen atoms in total. The first-order chi connectivity index (χ1) is 14.0. The standard InChI is InChI=1S/C26H46NO2/c1-4-5-6-7-8-9-10-11-12-13-17-21-26(28)29-23-18-22-27(2,3)24-25-19-15-14-16-20-25/h14-16,19-20H,4-13,17-18,21-24H2,1-3H3/q+1. The Bertz CT molecular complexity index is 513. The average molecular weight is 405 g/mol. The summed E-state index contributed by atoms with van der Waals surface area (Å²) >= 11 is 0. The Morgan fingerprint density at radius 3 is 1.93 bits per heavy atom. The van der Waals surface area contributed by atoms with Gasteiger partial charge in [-0.1, -0.05) is 101 Å². The molecule has 0 atom stereocenters. The molecule has 0 aromatic heterocycles. The van der Waals surface area contributed by atoms with Crippen molar-refractivity contribution < 1.29 is 14.0 Å². The summed E-state index contributed by atoms with van der Waals surface area (Å²) in [5.41, 5.74) is 1.35. The number of quaternary nitrogens is 1. The predicted octanol–water partition coefficient (Wildman–Crippen LogP) is 6.90. The third-order valence-corrected chi connectivity index (χ3v) is 5.61. The molecule has 0 saturated heterocycles. The molecule has 0 saturated carbocycles. The van der Waals surface area contributed by atoms with Crippen LogP contribution in [0.3, 0.4) is 0 Å². The minimum absolute atomic E-state index is 0.0192. The molecule has 0 aliphatic rings. The van der Waals surface area contributed by atoms with E-state index in [4.69, 9.17) is 4.74 Å². The van der Waals surface area contributed by atoms with E-state index in [0.29, 0.717) is 13.0 Å². The highest BCUT2D eigenvalue weighted by molar-refractivity contribution is 5.69. The lowest BCUT2D eigenvalue weighted by molar-refractivity contribution is -0.903. The van der Waals surface area contributed by atoms with Crippen LogP contribution in [-0.4, -0.2) is 37.7 Å². The van der Waals surface area contributed by atoms with Gasteiger partial charge in [-0.15, -0.1) is 0 Å². The zero-order chi connectivity index (χ0) is 21.2. The topological polar surface area (TPSA) is 26.3 Å². The van der Waals surface area contributed by atoms with Crippen LogP contribution < -0.4 is 0 Å². The molecule has 1 rings (SSSR count). The second-order valence-corrected chi connectivity index (χ2v) is 9.16. The monoisotopic (exact) mass is 404 g/mol. The first-order valence-corrected chi connectivity index (χ1v) is 12.0. The molecular formula is C26H46NO2+. The number of hydrogen-bond acceptors (Lipinski definition) is 2. The van der Waals surface area contributed by atoms with E-state index in [9.17, 15) is 4.79 Å². The van der Waals surface area contributed by atoms with Gasteiger partial charge in [-0.25, -0.2) is 0 Å². The van der Waals surface area contributed by atoms with Crippen molar-refractivity contribution in [2.75, 3.05) is 27.2 Å². The molecule has 0 spiro atoms. The molecule has 166 valence electrons. The van der Waals surface area contributed by atoms with E-state index in [0.717, 1.165) is 36.8 Å². The summed E-state index contributed by atoms with van der Waals surface area (Å²) in [6, 6.07) is 10.6. The second kappa shape index (κ2) is 16.4. The predicted molar refractivity (Wildman–Crippen MR) is 124 cm³/mol. The van der Waals surface area contributed by atoms with Gasteiger partial charge in [-0.05, 0) is 6.42 Å². The van der Waals surface area contributed by atoms with E-state index < -0.39 is 0 Å². The molecule has 1 aromatic carbocycles. The van der Waals surface area contributed by atoms with Crippen LogP contribution in [0.1, 0.15) is 96.0 Å². The summed E-state index contributed by atoms with van der Waals surface area (Å²) in [6.45, 7) is 4.84. The van der Waals surface area contributed by atoms with Gasteiger partial charge >= 0.3 is 5.97 Å². The summed E-state index contributed by atoms with van der Waals surface area (Å²) in [4.78, 5) is 11.9. The molecule has 0 bridgehead atoms. The van der Waals surface area contributed by atoms with Crippen LogP contribution >= 0.6 is 0 Å². The number of ether oxygens (including phenoxy) is 1.